The average molecular weight is 312 g/mol. The first kappa shape index (κ1) is 16.1. The summed E-state index contributed by atoms with van der Waals surface area (Å²) >= 11 is -2.49. The van der Waals surface area contributed by atoms with Crippen molar-refractivity contribution in [1.29, 1.82) is 0 Å². The molecule has 0 amide bonds. The second-order valence-corrected chi connectivity index (χ2v) is 5.51. The van der Waals surface area contributed by atoms with E-state index in [0.29, 0.717) is 25.9 Å². The van der Waals surface area contributed by atoms with Crippen LogP contribution in [0.3, 0.4) is 0 Å². The van der Waals surface area contributed by atoms with E-state index in [-0.39, 0.29) is 18.6 Å². The molecule has 0 bridgehead atoms. The van der Waals surface area contributed by atoms with Gasteiger partial charge in [0.2, 0.25) is 0 Å². The highest BCUT2D eigenvalue weighted by atomic mass is 32.2. The maximum Gasteiger partial charge on any atom is 0.323 e. The number of carbonyl (C=O) groups is 1. The van der Waals surface area contributed by atoms with Crippen molar-refractivity contribution in [2.75, 3.05) is 20.3 Å². The van der Waals surface area contributed by atoms with Gasteiger partial charge in [0.1, 0.15) is 6.04 Å². The van der Waals surface area contributed by atoms with Gasteiger partial charge in [-0.2, -0.15) is 0 Å². The summed E-state index contributed by atoms with van der Waals surface area (Å²) in [4.78, 5) is 13.9. The van der Waals surface area contributed by atoms with Crippen LogP contribution in [0.2, 0.25) is 0 Å². The van der Waals surface area contributed by atoms with Crippen molar-refractivity contribution in [2.45, 2.75) is 25.4 Å². The number of fused-ring (bicyclic) bond motifs is 1. The van der Waals surface area contributed by atoms with Crippen LogP contribution in [-0.4, -0.2) is 45.9 Å². The molecule has 0 saturated heterocycles. The molecule has 2 atom stereocenters. The van der Waals surface area contributed by atoms with Crippen LogP contribution in [0.4, 0.5) is 0 Å². The van der Waals surface area contributed by atoms with E-state index in [4.69, 9.17) is 4.74 Å². The maximum atomic E-state index is 11.9. The van der Waals surface area contributed by atoms with E-state index in [2.05, 4.69) is 4.18 Å². The van der Waals surface area contributed by atoms with Gasteiger partial charge in [0.25, 0.3) is 0 Å². The van der Waals surface area contributed by atoms with Crippen LogP contribution in [0.1, 0.15) is 17.5 Å². The van der Waals surface area contributed by atoms with Gasteiger partial charge in [0, 0.05) is 13.1 Å². The Balaban J connectivity index is 2.02. The van der Waals surface area contributed by atoms with Crippen molar-refractivity contribution in [3.8, 4) is 0 Å². The molecule has 0 radical (unpaired) electrons. The molecule has 116 valence electrons. The van der Waals surface area contributed by atoms with Gasteiger partial charge in [-0.05, 0) is 24.0 Å². The van der Waals surface area contributed by atoms with Gasteiger partial charge in [-0.25, -0.2) is 4.21 Å². The summed E-state index contributed by atoms with van der Waals surface area (Å²) in [7, 11) is 1.38. The number of rotatable bonds is 6. The number of hydrogen-bond acceptors (Lipinski definition) is 6. The maximum absolute atomic E-state index is 11.9. The van der Waals surface area contributed by atoms with Gasteiger partial charge < -0.3 is 13.5 Å². The highest BCUT2D eigenvalue weighted by molar-refractivity contribution is 7.74. The second-order valence-electron chi connectivity index (χ2n) is 4.86. The molecule has 0 aromatic heterocycles. The summed E-state index contributed by atoms with van der Waals surface area (Å²) in [6, 6.07) is 7.66. The number of methoxy groups -OCH3 is 1. The minimum Gasteiger partial charge on any atom is -0.750 e. The van der Waals surface area contributed by atoms with Crippen molar-refractivity contribution >= 4 is 17.3 Å². The van der Waals surface area contributed by atoms with E-state index in [1.807, 2.05) is 29.2 Å². The molecule has 1 aliphatic rings. The number of ether oxygens (including phenoxy) is 1. The summed E-state index contributed by atoms with van der Waals surface area (Å²) in [5.41, 5.74) is 2.34. The lowest BCUT2D eigenvalue weighted by Gasteiger charge is -2.35. The smallest absolute Gasteiger partial charge is 0.323 e. The molecule has 0 saturated carbocycles. The third-order valence-electron chi connectivity index (χ3n) is 3.59. The number of carbonyl (C=O) groups excluding carboxylic acids is 1. The number of nitrogens with zero attached hydrogens (tertiary/aromatic N) is 1. The summed E-state index contributed by atoms with van der Waals surface area (Å²) < 4.78 is 30.0. The number of esters is 1. The van der Waals surface area contributed by atoms with Crippen LogP contribution in [0.5, 0.6) is 0 Å². The molecule has 21 heavy (non-hydrogen) atoms. The largest absolute Gasteiger partial charge is 0.750 e. The van der Waals surface area contributed by atoms with Gasteiger partial charge in [-0.3, -0.25) is 9.69 Å². The zero-order valence-corrected chi connectivity index (χ0v) is 12.6. The summed E-state index contributed by atoms with van der Waals surface area (Å²) in [5.74, 6) is -0.266. The Labute approximate surface area is 126 Å². The normalized spacial score (nSPS) is 19.8. The van der Waals surface area contributed by atoms with Gasteiger partial charge in [0.05, 0.1) is 25.1 Å². The molecule has 0 aliphatic carbocycles. The first-order valence-corrected chi connectivity index (χ1v) is 7.73. The summed E-state index contributed by atoms with van der Waals surface area (Å²) in [6.07, 6.45) is 1.14. The van der Waals surface area contributed by atoms with Crippen molar-refractivity contribution in [1.82, 2.24) is 4.90 Å². The Hall–Kier alpha value is -1.28. The molecule has 0 fully saturated rings. The standard InChI is InChI=1S/C14H19NO5S/c1-19-14(16)13-9-11-5-2-3-6-12(11)10-15(13)7-4-8-20-21(17)18/h2-3,5-6,13H,4,7-10H2,1H3,(H,17,18)/p-1. The van der Waals surface area contributed by atoms with Crippen molar-refractivity contribution in [3.05, 3.63) is 35.4 Å². The lowest BCUT2D eigenvalue weighted by atomic mass is 9.94. The van der Waals surface area contributed by atoms with Crippen LogP contribution in [0.15, 0.2) is 24.3 Å². The molecule has 1 aliphatic heterocycles. The van der Waals surface area contributed by atoms with E-state index in [1.54, 1.807) is 0 Å². The van der Waals surface area contributed by atoms with Crippen molar-refractivity contribution < 1.29 is 22.5 Å². The molecule has 2 unspecified atom stereocenters. The van der Waals surface area contributed by atoms with Gasteiger partial charge in [0.15, 0.2) is 0 Å². The molecule has 0 N–H and O–H groups in total. The van der Waals surface area contributed by atoms with Crippen LogP contribution in [-0.2, 0) is 38.0 Å². The fraction of sp³-hybridized carbons (Fsp3) is 0.500. The molecule has 6 nitrogen and oxygen atoms in total. The third kappa shape index (κ3) is 4.34. The zero-order chi connectivity index (χ0) is 15.2. The average Bonchev–Trinajstić information content (AvgIpc) is 2.49. The molecule has 1 heterocycles. The summed E-state index contributed by atoms with van der Waals surface area (Å²) in [6.45, 7) is 1.34. The van der Waals surface area contributed by atoms with E-state index in [0.717, 1.165) is 5.56 Å². The van der Waals surface area contributed by atoms with Crippen LogP contribution < -0.4 is 0 Å². The highest BCUT2D eigenvalue weighted by Gasteiger charge is 2.31. The van der Waals surface area contributed by atoms with Gasteiger partial charge in [-0.1, -0.05) is 24.3 Å². The fourth-order valence-electron chi connectivity index (χ4n) is 2.58. The highest BCUT2D eigenvalue weighted by Crippen LogP contribution is 2.24. The number of benzene rings is 1. The molecule has 2 rings (SSSR count). The van der Waals surface area contributed by atoms with E-state index in [9.17, 15) is 13.6 Å². The topological polar surface area (TPSA) is 78.9 Å². The monoisotopic (exact) mass is 312 g/mol. The Morgan fingerprint density at radius 2 is 2.14 bits per heavy atom. The molecule has 1 aromatic rings. The van der Waals surface area contributed by atoms with Crippen LogP contribution in [0.25, 0.3) is 0 Å². The minimum absolute atomic E-state index is 0.113. The number of hydrogen-bond donors (Lipinski definition) is 0. The SMILES string of the molecule is COC(=O)C1Cc2ccccc2CN1CCCOS(=O)[O-]. The first-order chi connectivity index (χ1) is 10.1. The molecule has 0 spiro atoms. The van der Waals surface area contributed by atoms with Gasteiger partial charge in [-0.15, -0.1) is 0 Å². The Bertz CT molecular complexity index is 522. The lowest BCUT2D eigenvalue weighted by molar-refractivity contribution is -0.147. The van der Waals surface area contributed by atoms with Crippen molar-refractivity contribution in [3.63, 3.8) is 0 Å². The Morgan fingerprint density at radius 3 is 2.81 bits per heavy atom. The lowest BCUT2D eigenvalue weighted by Crippen LogP contribution is -2.46. The molecular weight excluding hydrogens is 294 g/mol. The molecule has 1 aromatic carbocycles. The first-order valence-electron chi connectivity index (χ1n) is 6.73. The van der Waals surface area contributed by atoms with Crippen molar-refractivity contribution in [2.24, 2.45) is 0 Å². The van der Waals surface area contributed by atoms with E-state index in [1.165, 1.54) is 12.7 Å². The summed E-state index contributed by atoms with van der Waals surface area (Å²) in [5, 5.41) is 0. The third-order valence-corrected chi connectivity index (χ3v) is 3.95. The second kappa shape index (κ2) is 7.65. The van der Waals surface area contributed by atoms with E-state index < -0.39 is 11.4 Å². The van der Waals surface area contributed by atoms with Crippen LogP contribution in [0, 0.1) is 0 Å². The quantitative estimate of drug-likeness (QED) is 0.439. The molecule has 7 heteroatoms. The van der Waals surface area contributed by atoms with E-state index >= 15 is 0 Å². The Morgan fingerprint density at radius 1 is 1.43 bits per heavy atom. The fourth-order valence-corrected chi connectivity index (χ4v) is 2.83. The minimum atomic E-state index is -2.49. The predicted octanol–water partition coefficient (Wildman–Crippen LogP) is 0.787. The molecular formula is C14H18NO5S-. The zero-order valence-electron chi connectivity index (χ0n) is 11.8. The van der Waals surface area contributed by atoms with Crippen LogP contribution >= 0.6 is 0 Å². The predicted molar refractivity (Wildman–Crippen MR) is 75.8 cm³/mol. The van der Waals surface area contributed by atoms with Gasteiger partial charge >= 0.3 is 5.97 Å². The Kier molecular flexibility index (Phi) is 5.86.